The van der Waals surface area contributed by atoms with Gasteiger partial charge in [0, 0.05) is 17.3 Å². The number of aryl methyl sites for hydroxylation is 1. The number of rotatable bonds is 11. The van der Waals surface area contributed by atoms with Gasteiger partial charge in [-0.2, -0.15) is 0 Å². The Labute approximate surface area is 166 Å². The number of H-pyrrole nitrogens is 1. The molecule has 0 aliphatic carbocycles. The Morgan fingerprint density at radius 1 is 1.07 bits per heavy atom. The highest BCUT2D eigenvalue weighted by molar-refractivity contribution is 7.89. The average molecular weight is 403 g/mol. The first-order valence-electron chi connectivity index (χ1n) is 9.78. The summed E-state index contributed by atoms with van der Waals surface area (Å²) in [4.78, 5) is 3.26. The second-order valence-electron chi connectivity index (χ2n) is 6.76. The number of ether oxygens (including phenoxy) is 1. The van der Waals surface area contributed by atoms with Gasteiger partial charge in [0.05, 0.1) is 18.0 Å². The van der Waals surface area contributed by atoms with Crippen molar-refractivity contribution in [3.8, 4) is 5.75 Å². The molecule has 2 aromatic carbocycles. The molecule has 0 spiro atoms. The van der Waals surface area contributed by atoms with E-state index in [2.05, 4.69) is 16.6 Å². The van der Waals surface area contributed by atoms with Crippen molar-refractivity contribution in [2.45, 2.75) is 44.0 Å². The third-order valence-electron chi connectivity index (χ3n) is 4.63. The Hall–Kier alpha value is -2.38. The molecule has 3 rings (SSSR count). The van der Waals surface area contributed by atoms with Crippen LogP contribution in [0.4, 0.5) is 0 Å². The van der Waals surface area contributed by atoms with E-state index in [0.29, 0.717) is 29.9 Å². The van der Waals surface area contributed by atoms with Crippen LogP contribution in [0.2, 0.25) is 0 Å². The van der Waals surface area contributed by atoms with E-state index < -0.39 is 10.0 Å². The zero-order chi connectivity index (χ0) is 19.8. The van der Waals surface area contributed by atoms with Crippen LogP contribution in [0.15, 0.2) is 60.0 Å². The highest BCUT2D eigenvalue weighted by Crippen LogP contribution is 2.31. The number of aromatic nitrogens is 2. The third kappa shape index (κ3) is 5.11. The molecular formula is C21H28N3O3S+. The summed E-state index contributed by atoms with van der Waals surface area (Å²) in [5, 5.41) is 1.51. The molecule has 0 saturated heterocycles. The van der Waals surface area contributed by atoms with Gasteiger partial charge in [-0.3, -0.25) is 4.98 Å². The van der Waals surface area contributed by atoms with E-state index in [1.807, 2.05) is 47.6 Å². The lowest BCUT2D eigenvalue weighted by Gasteiger charge is -2.13. The normalized spacial score (nSPS) is 11.8. The monoisotopic (exact) mass is 402 g/mol. The largest absolute Gasteiger partial charge is 0.493 e. The summed E-state index contributed by atoms with van der Waals surface area (Å²) in [6, 6.07) is 10.9. The maximum absolute atomic E-state index is 12.9. The maximum atomic E-state index is 12.9. The van der Waals surface area contributed by atoms with Crippen molar-refractivity contribution in [1.82, 2.24) is 9.71 Å². The molecule has 0 bridgehead atoms. The van der Waals surface area contributed by atoms with Crippen molar-refractivity contribution in [3.63, 3.8) is 0 Å². The molecule has 0 aliphatic rings. The van der Waals surface area contributed by atoms with E-state index in [0.717, 1.165) is 36.9 Å². The van der Waals surface area contributed by atoms with Gasteiger partial charge in [-0.05, 0) is 25.0 Å². The van der Waals surface area contributed by atoms with Gasteiger partial charge in [-0.25, -0.2) is 17.7 Å². The van der Waals surface area contributed by atoms with Crippen molar-refractivity contribution in [1.29, 1.82) is 0 Å². The van der Waals surface area contributed by atoms with Gasteiger partial charge >= 0.3 is 0 Å². The molecule has 6 nitrogen and oxygen atoms in total. The van der Waals surface area contributed by atoms with Crippen LogP contribution >= 0.6 is 0 Å². The number of sulfonamides is 1. The molecule has 150 valence electrons. The van der Waals surface area contributed by atoms with Gasteiger partial charge in [0.2, 0.25) is 16.4 Å². The number of nitrogens with one attached hydrogen (secondary N) is 2. The average Bonchev–Trinajstić information content (AvgIpc) is 3.22. The number of aromatic amines is 1. The lowest BCUT2D eigenvalue weighted by molar-refractivity contribution is -0.695. The van der Waals surface area contributed by atoms with Gasteiger partial charge in [-0.15, -0.1) is 0 Å². The van der Waals surface area contributed by atoms with Gasteiger partial charge in [0.15, 0.2) is 0 Å². The molecule has 28 heavy (non-hydrogen) atoms. The Balaban J connectivity index is 1.72. The Bertz CT molecular complexity index is 985. The molecule has 3 aromatic rings. The van der Waals surface area contributed by atoms with Crippen LogP contribution in [0.25, 0.3) is 10.8 Å². The standard InChI is InChI=1S/C21H27N3O3S/c1-2-3-6-16-27-20-10-11-21(19-9-5-4-8-18(19)20)28(25,26)23-12-7-14-24-15-13-22-17-24/h4-5,8-11,13,15,17,23H,2-3,6-7,12,14,16H2,1H3/p+1. The quantitative estimate of drug-likeness (QED) is 0.381. The molecule has 0 amide bonds. The van der Waals surface area contributed by atoms with Crippen LogP contribution in [-0.4, -0.2) is 26.6 Å². The van der Waals surface area contributed by atoms with Gasteiger partial charge in [0.1, 0.15) is 18.1 Å². The number of fused-ring (bicyclic) bond motifs is 1. The highest BCUT2D eigenvalue weighted by atomic mass is 32.2. The van der Waals surface area contributed by atoms with Gasteiger partial charge < -0.3 is 4.74 Å². The summed E-state index contributed by atoms with van der Waals surface area (Å²) < 4.78 is 36.3. The summed E-state index contributed by atoms with van der Waals surface area (Å²) in [6.45, 7) is 3.92. The minimum atomic E-state index is -3.60. The number of unbranched alkanes of at least 4 members (excludes halogenated alkanes) is 2. The third-order valence-corrected chi connectivity index (χ3v) is 6.15. The first-order chi connectivity index (χ1) is 13.6. The Morgan fingerprint density at radius 2 is 1.89 bits per heavy atom. The van der Waals surface area contributed by atoms with Crippen molar-refractivity contribution in [2.24, 2.45) is 0 Å². The van der Waals surface area contributed by atoms with Crippen LogP contribution in [0, 0.1) is 0 Å². The van der Waals surface area contributed by atoms with E-state index in [-0.39, 0.29) is 0 Å². The van der Waals surface area contributed by atoms with Crippen molar-refractivity contribution >= 4 is 20.8 Å². The summed E-state index contributed by atoms with van der Waals surface area (Å²) in [7, 11) is -3.60. The summed E-state index contributed by atoms with van der Waals surface area (Å²) >= 11 is 0. The van der Waals surface area contributed by atoms with E-state index in [9.17, 15) is 8.42 Å². The van der Waals surface area contributed by atoms with E-state index in [4.69, 9.17) is 4.74 Å². The number of nitrogens with zero attached hydrogens (tertiary/aromatic N) is 1. The lowest BCUT2D eigenvalue weighted by Crippen LogP contribution is -2.33. The Kier molecular flexibility index (Phi) is 7.06. The van der Waals surface area contributed by atoms with Gasteiger partial charge in [-0.1, -0.05) is 44.0 Å². The van der Waals surface area contributed by atoms with Crippen LogP contribution in [0.3, 0.4) is 0 Å². The molecule has 0 saturated carbocycles. The van der Waals surface area contributed by atoms with Gasteiger partial charge in [0.25, 0.3) is 0 Å². The fraction of sp³-hybridized carbons (Fsp3) is 0.381. The molecular weight excluding hydrogens is 374 g/mol. The molecule has 0 radical (unpaired) electrons. The van der Waals surface area contributed by atoms with Crippen molar-refractivity contribution < 1.29 is 17.7 Å². The van der Waals surface area contributed by atoms with Crippen LogP contribution in [0.1, 0.15) is 32.6 Å². The second-order valence-corrected chi connectivity index (χ2v) is 8.50. The highest BCUT2D eigenvalue weighted by Gasteiger charge is 2.18. The zero-order valence-corrected chi connectivity index (χ0v) is 17.0. The maximum Gasteiger partial charge on any atom is 0.241 e. The van der Waals surface area contributed by atoms with Crippen LogP contribution in [0.5, 0.6) is 5.75 Å². The SMILES string of the molecule is CCCCCOc1ccc(S(=O)(=O)NCCC[n+]2cc[nH]c2)c2ccccc12. The molecule has 2 N–H and O–H groups in total. The van der Waals surface area contributed by atoms with E-state index in [1.54, 1.807) is 12.1 Å². The predicted octanol–water partition coefficient (Wildman–Crippen LogP) is 3.39. The van der Waals surface area contributed by atoms with Crippen LogP contribution in [-0.2, 0) is 16.6 Å². The fourth-order valence-corrected chi connectivity index (χ4v) is 4.43. The first-order valence-corrected chi connectivity index (χ1v) is 11.3. The molecule has 0 aliphatic heterocycles. The summed E-state index contributed by atoms with van der Waals surface area (Å²) in [6.07, 6.45) is 9.56. The first kappa shape index (κ1) is 20.4. The molecule has 0 atom stereocenters. The minimum absolute atomic E-state index is 0.290. The number of imidazole rings is 1. The van der Waals surface area contributed by atoms with Crippen molar-refractivity contribution in [2.75, 3.05) is 13.2 Å². The Morgan fingerprint density at radius 3 is 2.64 bits per heavy atom. The molecule has 1 heterocycles. The molecule has 0 unspecified atom stereocenters. The number of hydrogen-bond acceptors (Lipinski definition) is 3. The van der Waals surface area contributed by atoms with E-state index >= 15 is 0 Å². The summed E-state index contributed by atoms with van der Waals surface area (Å²) in [5.74, 6) is 0.731. The number of benzene rings is 2. The second kappa shape index (κ2) is 9.71. The number of hydrogen-bond donors (Lipinski definition) is 2. The smallest absolute Gasteiger partial charge is 0.241 e. The fourth-order valence-electron chi connectivity index (χ4n) is 3.14. The molecule has 1 aromatic heterocycles. The predicted molar refractivity (Wildman–Crippen MR) is 110 cm³/mol. The van der Waals surface area contributed by atoms with E-state index in [1.165, 1.54) is 0 Å². The molecule has 0 fully saturated rings. The lowest BCUT2D eigenvalue weighted by atomic mass is 10.1. The molecule has 7 heteroatoms. The van der Waals surface area contributed by atoms with Crippen molar-refractivity contribution in [3.05, 3.63) is 55.1 Å². The minimum Gasteiger partial charge on any atom is -0.493 e. The topological polar surface area (TPSA) is 75.1 Å². The zero-order valence-electron chi connectivity index (χ0n) is 16.2. The summed E-state index contributed by atoms with van der Waals surface area (Å²) in [5.41, 5.74) is 0. The van der Waals surface area contributed by atoms with Crippen LogP contribution < -0.4 is 14.0 Å².